The van der Waals surface area contributed by atoms with Gasteiger partial charge in [0.15, 0.2) is 5.78 Å². The number of unbranched alkanes of at least 4 members (excludes halogenated alkanes) is 1. The Morgan fingerprint density at radius 3 is 3.00 bits per heavy atom. The Bertz CT molecular complexity index is 199. The lowest BCUT2D eigenvalue weighted by Gasteiger charge is -2.05. The SMILES string of the molecule is CCCCC1=CCC=CC1=O. The van der Waals surface area contributed by atoms with Crippen LogP contribution in [-0.4, -0.2) is 5.78 Å². The summed E-state index contributed by atoms with van der Waals surface area (Å²) in [5, 5.41) is 0. The van der Waals surface area contributed by atoms with Crippen LogP contribution in [-0.2, 0) is 4.79 Å². The second-order valence-corrected chi connectivity index (χ2v) is 2.84. The van der Waals surface area contributed by atoms with Crippen LogP contribution in [0.4, 0.5) is 0 Å². The third-order valence-electron chi connectivity index (χ3n) is 1.89. The van der Waals surface area contributed by atoms with Crippen molar-refractivity contribution in [3.63, 3.8) is 0 Å². The fraction of sp³-hybridized carbons (Fsp3) is 0.500. The Labute approximate surface area is 67.8 Å². The third-order valence-corrected chi connectivity index (χ3v) is 1.89. The first kappa shape index (κ1) is 8.25. The average Bonchev–Trinajstić information content (AvgIpc) is 2.03. The molecule has 0 aromatic carbocycles. The fourth-order valence-corrected chi connectivity index (χ4v) is 1.19. The van der Waals surface area contributed by atoms with E-state index in [-0.39, 0.29) is 5.78 Å². The zero-order valence-corrected chi connectivity index (χ0v) is 6.97. The molecule has 0 aromatic rings. The lowest BCUT2D eigenvalue weighted by Crippen LogP contribution is -2.01. The Hall–Kier alpha value is -0.850. The number of hydrogen-bond donors (Lipinski definition) is 0. The van der Waals surface area contributed by atoms with E-state index in [0.717, 1.165) is 31.3 Å². The zero-order chi connectivity index (χ0) is 8.10. The third kappa shape index (κ3) is 2.34. The van der Waals surface area contributed by atoms with Crippen LogP contribution in [0.2, 0.25) is 0 Å². The van der Waals surface area contributed by atoms with Crippen LogP contribution in [0.1, 0.15) is 32.6 Å². The van der Waals surface area contributed by atoms with Crippen molar-refractivity contribution >= 4 is 5.78 Å². The first-order valence-electron chi connectivity index (χ1n) is 4.24. The molecule has 1 nitrogen and oxygen atoms in total. The molecule has 1 aliphatic carbocycles. The van der Waals surface area contributed by atoms with Gasteiger partial charge < -0.3 is 0 Å². The van der Waals surface area contributed by atoms with E-state index < -0.39 is 0 Å². The molecule has 0 heterocycles. The van der Waals surface area contributed by atoms with Gasteiger partial charge in [-0.25, -0.2) is 0 Å². The highest BCUT2D eigenvalue weighted by Gasteiger charge is 2.06. The summed E-state index contributed by atoms with van der Waals surface area (Å²) in [5.41, 5.74) is 1.01. The predicted octanol–water partition coefficient (Wildman–Crippen LogP) is 2.63. The number of carbonyl (C=O) groups excluding carboxylic acids is 1. The molecule has 0 unspecified atom stereocenters. The molecule has 0 spiro atoms. The van der Waals surface area contributed by atoms with Crippen molar-refractivity contribution in [2.24, 2.45) is 0 Å². The van der Waals surface area contributed by atoms with Gasteiger partial charge in [0.2, 0.25) is 0 Å². The standard InChI is InChI=1S/C10H14O/c1-2-3-6-9-7-4-5-8-10(9)11/h5,7-8H,2-4,6H2,1H3. The first-order valence-corrected chi connectivity index (χ1v) is 4.24. The Morgan fingerprint density at radius 2 is 2.36 bits per heavy atom. The van der Waals surface area contributed by atoms with E-state index in [4.69, 9.17) is 0 Å². The van der Waals surface area contributed by atoms with Gasteiger partial charge in [0.25, 0.3) is 0 Å². The molecule has 0 saturated heterocycles. The second kappa shape index (κ2) is 4.12. The molecule has 0 atom stereocenters. The first-order chi connectivity index (χ1) is 5.34. The van der Waals surface area contributed by atoms with Crippen molar-refractivity contribution in [3.05, 3.63) is 23.8 Å². The second-order valence-electron chi connectivity index (χ2n) is 2.84. The van der Waals surface area contributed by atoms with Gasteiger partial charge >= 0.3 is 0 Å². The molecular weight excluding hydrogens is 136 g/mol. The maximum absolute atomic E-state index is 11.1. The summed E-state index contributed by atoms with van der Waals surface area (Å²) in [6.45, 7) is 2.14. The summed E-state index contributed by atoms with van der Waals surface area (Å²) in [4.78, 5) is 11.1. The molecule has 0 bridgehead atoms. The van der Waals surface area contributed by atoms with Gasteiger partial charge in [-0.2, -0.15) is 0 Å². The van der Waals surface area contributed by atoms with Crippen molar-refractivity contribution in [3.8, 4) is 0 Å². The van der Waals surface area contributed by atoms with Gasteiger partial charge in [-0.05, 0) is 30.9 Å². The molecule has 1 aliphatic rings. The van der Waals surface area contributed by atoms with Gasteiger partial charge in [-0.1, -0.05) is 25.5 Å². The van der Waals surface area contributed by atoms with Crippen LogP contribution in [0.3, 0.4) is 0 Å². The molecule has 60 valence electrons. The lowest BCUT2D eigenvalue weighted by molar-refractivity contribution is -0.111. The van der Waals surface area contributed by atoms with Crippen molar-refractivity contribution in [1.29, 1.82) is 0 Å². The number of carbonyl (C=O) groups is 1. The van der Waals surface area contributed by atoms with Gasteiger partial charge in [-0.15, -0.1) is 0 Å². The fourth-order valence-electron chi connectivity index (χ4n) is 1.19. The van der Waals surface area contributed by atoms with E-state index in [1.807, 2.05) is 12.2 Å². The maximum atomic E-state index is 11.1. The molecule has 0 N–H and O–H groups in total. The Balaban J connectivity index is 2.44. The topological polar surface area (TPSA) is 17.1 Å². The number of hydrogen-bond acceptors (Lipinski definition) is 1. The van der Waals surface area contributed by atoms with Gasteiger partial charge in [0, 0.05) is 0 Å². The maximum Gasteiger partial charge on any atom is 0.181 e. The van der Waals surface area contributed by atoms with Crippen molar-refractivity contribution in [2.45, 2.75) is 32.6 Å². The van der Waals surface area contributed by atoms with Gasteiger partial charge in [0.05, 0.1) is 0 Å². The van der Waals surface area contributed by atoms with E-state index in [0.29, 0.717) is 0 Å². The number of allylic oxidation sites excluding steroid dienone is 4. The van der Waals surface area contributed by atoms with Gasteiger partial charge in [-0.3, -0.25) is 4.79 Å². The molecule has 0 amide bonds. The van der Waals surface area contributed by atoms with Crippen molar-refractivity contribution < 1.29 is 4.79 Å². The minimum atomic E-state index is 0.213. The van der Waals surface area contributed by atoms with E-state index in [9.17, 15) is 4.79 Å². The van der Waals surface area contributed by atoms with E-state index in [1.54, 1.807) is 6.08 Å². The monoisotopic (exact) mass is 150 g/mol. The quantitative estimate of drug-likeness (QED) is 0.604. The lowest BCUT2D eigenvalue weighted by atomic mass is 9.99. The molecule has 0 aliphatic heterocycles. The smallest absolute Gasteiger partial charge is 0.181 e. The summed E-state index contributed by atoms with van der Waals surface area (Å²) in [7, 11) is 0. The number of ketones is 1. The Morgan fingerprint density at radius 1 is 1.55 bits per heavy atom. The minimum Gasteiger partial charge on any atom is -0.290 e. The molecule has 0 aromatic heterocycles. The van der Waals surface area contributed by atoms with Gasteiger partial charge in [0.1, 0.15) is 0 Å². The van der Waals surface area contributed by atoms with Crippen LogP contribution in [0.25, 0.3) is 0 Å². The summed E-state index contributed by atoms with van der Waals surface area (Å²) in [6, 6.07) is 0. The number of rotatable bonds is 3. The molecule has 0 fully saturated rings. The molecule has 11 heavy (non-hydrogen) atoms. The van der Waals surface area contributed by atoms with Crippen LogP contribution < -0.4 is 0 Å². The highest BCUT2D eigenvalue weighted by atomic mass is 16.1. The normalized spacial score (nSPS) is 16.8. The molecule has 1 heteroatoms. The summed E-state index contributed by atoms with van der Waals surface area (Å²) >= 11 is 0. The summed E-state index contributed by atoms with van der Waals surface area (Å²) in [6.07, 6.45) is 9.82. The van der Waals surface area contributed by atoms with Crippen LogP contribution in [0, 0.1) is 0 Å². The Kier molecular flexibility index (Phi) is 3.09. The van der Waals surface area contributed by atoms with Crippen LogP contribution >= 0.6 is 0 Å². The largest absolute Gasteiger partial charge is 0.290 e. The highest BCUT2D eigenvalue weighted by molar-refractivity contribution is 6.04. The average molecular weight is 150 g/mol. The molecule has 0 saturated carbocycles. The molecule has 0 radical (unpaired) electrons. The van der Waals surface area contributed by atoms with Crippen molar-refractivity contribution in [1.82, 2.24) is 0 Å². The minimum absolute atomic E-state index is 0.213. The van der Waals surface area contributed by atoms with E-state index >= 15 is 0 Å². The molecular formula is C10H14O. The summed E-state index contributed by atoms with van der Waals surface area (Å²) < 4.78 is 0. The van der Waals surface area contributed by atoms with Crippen LogP contribution in [0.15, 0.2) is 23.8 Å². The predicted molar refractivity (Wildman–Crippen MR) is 46.4 cm³/mol. The summed E-state index contributed by atoms with van der Waals surface area (Å²) in [5.74, 6) is 0.213. The highest BCUT2D eigenvalue weighted by Crippen LogP contribution is 2.13. The van der Waals surface area contributed by atoms with Crippen molar-refractivity contribution in [2.75, 3.05) is 0 Å². The molecule has 1 rings (SSSR count). The van der Waals surface area contributed by atoms with E-state index in [2.05, 4.69) is 6.92 Å². The van der Waals surface area contributed by atoms with Crippen LogP contribution in [0.5, 0.6) is 0 Å². The van der Waals surface area contributed by atoms with E-state index in [1.165, 1.54) is 0 Å². The zero-order valence-electron chi connectivity index (χ0n) is 6.97.